The van der Waals surface area contributed by atoms with Crippen molar-refractivity contribution in [1.29, 1.82) is 0 Å². The van der Waals surface area contributed by atoms with E-state index >= 15 is 0 Å². The smallest absolute Gasteiger partial charge is 0.301 e. The van der Waals surface area contributed by atoms with Crippen LogP contribution in [0.1, 0.15) is 34.7 Å². The van der Waals surface area contributed by atoms with E-state index in [1.54, 1.807) is 37.3 Å². The van der Waals surface area contributed by atoms with Crippen LogP contribution in [0.4, 0.5) is 10.8 Å². The number of hydrogen-bond donors (Lipinski definition) is 1. The minimum Gasteiger partial charge on any atom is -0.507 e. The van der Waals surface area contributed by atoms with Crippen molar-refractivity contribution in [3.05, 3.63) is 85.9 Å². The second-order valence-electron chi connectivity index (χ2n) is 7.62. The molecular formula is C24H21N3O6S. The fraction of sp³-hybridized carbons (Fsp3) is 0.208. The number of rotatable bonds is 6. The molecule has 1 N–H and O–H groups in total. The second-order valence-corrected chi connectivity index (χ2v) is 8.80. The number of thiazole rings is 1. The van der Waals surface area contributed by atoms with Crippen LogP contribution in [0.15, 0.2) is 54.1 Å². The minimum atomic E-state index is -1.09. The standard InChI is InChI=1S/C24H21N3O6S/c1-4-33-18-10-8-15(9-11-18)21(28)19-20(16-6-5-7-17(12-16)27(31)32)26(23(30)22(19)29)24-25-13(2)14(3)34-24/h5-12,20,28H,4H2,1-3H3/t20-/m0/s1. The number of anilines is 1. The molecule has 34 heavy (non-hydrogen) atoms. The third-order valence-corrected chi connectivity index (χ3v) is 6.58. The summed E-state index contributed by atoms with van der Waals surface area (Å²) in [5.74, 6) is -1.56. The van der Waals surface area contributed by atoms with Crippen molar-refractivity contribution < 1.29 is 24.4 Å². The molecule has 1 fully saturated rings. The van der Waals surface area contributed by atoms with Crippen molar-refractivity contribution in [3.63, 3.8) is 0 Å². The third kappa shape index (κ3) is 4.03. The highest BCUT2D eigenvalue weighted by Crippen LogP contribution is 2.44. The van der Waals surface area contributed by atoms with Gasteiger partial charge in [-0.2, -0.15) is 0 Å². The molecule has 9 nitrogen and oxygen atoms in total. The van der Waals surface area contributed by atoms with Gasteiger partial charge in [-0.3, -0.25) is 24.6 Å². The number of Topliss-reactive ketones (excluding diaryl/α,β-unsaturated/α-hetero) is 1. The maximum Gasteiger partial charge on any atom is 0.301 e. The van der Waals surface area contributed by atoms with Crippen LogP contribution in [0.5, 0.6) is 5.75 Å². The number of nitro benzene ring substituents is 1. The molecular weight excluding hydrogens is 458 g/mol. The zero-order valence-corrected chi connectivity index (χ0v) is 19.5. The molecule has 10 heteroatoms. The lowest BCUT2D eigenvalue weighted by atomic mass is 9.95. The van der Waals surface area contributed by atoms with Crippen molar-refractivity contribution in [3.8, 4) is 5.75 Å². The second kappa shape index (κ2) is 9.06. The third-order valence-electron chi connectivity index (χ3n) is 5.50. The van der Waals surface area contributed by atoms with E-state index in [0.717, 1.165) is 4.88 Å². The molecule has 1 aliphatic rings. The van der Waals surface area contributed by atoms with Gasteiger partial charge >= 0.3 is 5.91 Å². The monoisotopic (exact) mass is 479 g/mol. The van der Waals surface area contributed by atoms with E-state index in [4.69, 9.17) is 4.74 Å². The van der Waals surface area contributed by atoms with Crippen molar-refractivity contribution in [2.45, 2.75) is 26.8 Å². The Hall–Kier alpha value is -4.05. The maximum atomic E-state index is 13.2. The molecule has 0 radical (unpaired) electrons. The van der Waals surface area contributed by atoms with Crippen LogP contribution in [0, 0.1) is 24.0 Å². The Morgan fingerprint density at radius 3 is 2.50 bits per heavy atom. The van der Waals surface area contributed by atoms with Crippen LogP contribution in [0.3, 0.4) is 0 Å². The number of amides is 1. The molecule has 1 aliphatic heterocycles. The summed E-state index contributed by atoms with van der Waals surface area (Å²) in [4.78, 5) is 43.7. The summed E-state index contributed by atoms with van der Waals surface area (Å²) in [5, 5.41) is 22.8. The molecule has 4 rings (SSSR count). The number of nitro groups is 1. The van der Waals surface area contributed by atoms with E-state index < -0.39 is 22.7 Å². The molecule has 1 saturated heterocycles. The van der Waals surface area contributed by atoms with Gasteiger partial charge in [0.25, 0.3) is 11.5 Å². The first-order valence-electron chi connectivity index (χ1n) is 10.5. The predicted octanol–water partition coefficient (Wildman–Crippen LogP) is 4.69. The van der Waals surface area contributed by atoms with Gasteiger partial charge in [0.15, 0.2) is 5.13 Å². The van der Waals surface area contributed by atoms with Gasteiger partial charge in [-0.05, 0) is 50.6 Å². The zero-order chi connectivity index (χ0) is 24.6. The molecule has 2 aromatic carbocycles. The van der Waals surface area contributed by atoms with Gasteiger partial charge in [0.05, 0.1) is 28.8 Å². The SMILES string of the molecule is CCOc1ccc(C(O)=C2C(=O)C(=O)N(c3nc(C)c(C)s3)[C@H]2c2cccc([N+](=O)[O-])c2)cc1. The van der Waals surface area contributed by atoms with Gasteiger partial charge in [-0.15, -0.1) is 11.3 Å². The largest absolute Gasteiger partial charge is 0.507 e. The normalized spacial score (nSPS) is 17.3. The molecule has 0 bridgehead atoms. The van der Waals surface area contributed by atoms with E-state index in [1.807, 2.05) is 13.8 Å². The Morgan fingerprint density at radius 2 is 1.91 bits per heavy atom. The molecule has 2 heterocycles. The van der Waals surface area contributed by atoms with Crippen LogP contribution in [-0.2, 0) is 9.59 Å². The van der Waals surface area contributed by atoms with Gasteiger partial charge in [-0.25, -0.2) is 4.98 Å². The first kappa shape index (κ1) is 23.1. The molecule has 0 saturated carbocycles. The van der Waals surface area contributed by atoms with Gasteiger partial charge in [0.1, 0.15) is 11.5 Å². The van der Waals surface area contributed by atoms with E-state index in [-0.39, 0.29) is 22.2 Å². The highest BCUT2D eigenvalue weighted by atomic mass is 32.1. The van der Waals surface area contributed by atoms with Gasteiger partial charge in [0, 0.05) is 22.6 Å². The number of aliphatic hydroxyl groups is 1. The van der Waals surface area contributed by atoms with Crippen molar-refractivity contribution in [2.75, 3.05) is 11.5 Å². The summed E-state index contributed by atoms with van der Waals surface area (Å²) in [5.41, 5.74) is 0.955. The molecule has 1 amide bonds. The quantitative estimate of drug-likeness (QED) is 0.179. The highest BCUT2D eigenvalue weighted by Gasteiger charge is 2.48. The van der Waals surface area contributed by atoms with Crippen molar-refractivity contribution in [2.24, 2.45) is 0 Å². The number of carbonyl (C=O) groups excluding carboxylic acids is 2. The fourth-order valence-electron chi connectivity index (χ4n) is 3.74. The lowest BCUT2D eigenvalue weighted by molar-refractivity contribution is -0.384. The summed E-state index contributed by atoms with van der Waals surface area (Å²) in [6.45, 7) is 5.94. The van der Waals surface area contributed by atoms with Crippen LogP contribution >= 0.6 is 11.3 Å². The molecule has 0 spiro atoms. The number of nitrogens with zero attached hydrogens (tertiary/aromatic N) is 3. The maximum absolute atomic E-state index is 13.2. The number of benzene rings is 2. The van der Waals surface area contributed by atoms with E-state index in [2.05, 4.69) is 4.98 Å². The number of ketones is 1. The molecule has 3 aromatic rings. The molecule has 1 aromatic heterocycles. The Bertz CT molecular complexity index is 1310. The minimum absolute atomic E-state index is 0.167. The number of aryl methyl sites for hydroxylation is 2. The van der Waals surface area contributed by atoms with Crippen molar-refractivity contribution >= 4 is 39.6 Å². The van der Waals surface area contributed by atoms with E-state index in [1.165, 1.54) is 34.4 Å². The molecule has 1 atom stereocenters. The average Bonchev–Trinajstić information content (AvgIpc) is 3.29. The zero-order valence-electron chi connectivity index (χ0n) is 18.6. The topological polar surface area (TPSA) is 123 Å². The Labute approximate surface area is 199 Å². The summed E-state index contributed by atoms with van der Waals surface area (Å²) in [6.07, 6.45) is 0. The van der Waals surface area contributed by atoms with E-state index in [9.17, 15) is 24.8 Å². The lowest BCUT2D eigenvalue weighted by Gasteiger charge is -2.22. The Kier molecular flexibility index (Phi) is 6.16. The summed E-state index contributed by atoms with van der Waals surface area (Å²) in [7, 11) is 0. The summed E-state index contributed by atoms with van der Waals surface area (Å²) < 4.78 is 5.42. The number of non-ortho nitro benzene ring substituents is 1. The summed E-state index contributed by atoms with van der Waals surface area (Å²) in [6, 6.07) is 11.0. The predicted molar refractivity (Wildman–Crippen MR) is 127 cm³/mol. The van der Waals surface area contributed by atoms with Crippen LogP contribution in [0.2, 0.25) is 0 Å². The van der Waals surface area contributed by atoms with Crippen LogP contribution in [0.25, 0.3) is 5.76 Å². The molecule has 0 unspecified atom stereocenters. The first-order valence-corrected chi connectivity index (χ1v) is 11.3. The number of carbonyl (C=O) groups is 2. The van der Waals surface area contributed by atoms with Crippen LogP contribution < -0.4 is 9.64 Å². The van der Waals surface area contributed by atoms with Gasteiger partial charge < -0.3 is 9.84 Å². The number of aromatic nitrogens is 1. The van der Waals surface area contributed by atoms with E-state index in [0.29, 0.717) is 29.2 Å². The lowest BCUT2D eigenvalue weighted by Crippen LogP contribution is -2.29. The number of ether oxygens (including phenoxy) is 1. The number of aliphatic hydroxyl groups excluding tert-OH is 1. The average molecular weight is 480 g/mol. The number of hydrogen-bond acceptors (Lipinski definition) is 8. The highest BCUT2D eigenvalue weighted by molar-refractivity contribution is 7.16. The Balaban J connectivity index is 1.92. The Morgan fingerprint density at radius 1 is 1.21 bits per heavy atom. The fourth-order valence-corrected chi connectivity index (χ4v) is 4.68. The molecule has 174 valence electrons. The van der Waals surface area contributed by atoms with Crippen molar-refractivity contribution in [1.82, 2.24) is 4.98 Å². The van der Waals surface area contributed by atoms with Crippen LogP contribution in [-0.4, -0.2) is 33.3 Å². The van der Waals surface area contributed by atoms with Gasteiger partial charge in [0.2, 0.25) is 0 Å². The van der Waals surface area contributed by atoms with Gasteiger partial charge in [-0.1, -0.05) is 12.1 Å². The first-order chi connectivity index (χ1) is 16.2. The summed E-state index contributed by atoms with van der Waals surface area (Å²) >= 11 is 1.23. The molecule has 0 aliphatic carbocycles.